The minimum atomic E-state index is 0.0993. The van der Waals surface area contributed by atoms with Crippen LogP contribution in [0.5, 0.6) is 0 Å². The molecule has 1 aromatic carbocycles. The molecule has 2 N–H and O–H groups in total. The fraction of sp³-hybridized carbons (Fsp3) is 0.312. The van der Waals surface area contributed by atoms with Gasteiger partial charge < -0.3 is 10.6 Å². The maximum absolute atomic E-state index is 12.3. The summed E-state index contributed by atoms with van der Waals surface area (Å²) in [4.78, 5) is 16.6. The second kappa shape index (κ2) is 6.09. The molecular weight excluding hydrogens is 268 g/mol. The largest absolute Gasteiger partial charge is 0.399 e. The Bertz CT molecular complexity index is 606. The number of carbonyl (C=O) groups is 1. The highest BCUT2D eigenvalue weighted by atomic mass is 32.1. The van der Waals surface area contributed by atoms with E-state index in [2.05, 4.69) is 26.0 Å². The summed E-state index contributed by atoms with van der Waals surface area (Å²) < 4.78 is 0. The number of thiophene rings is 1. The SMILES string of the molecule is Cc1ccc(C(C)N(C)C(=O)Cc2cccc(N)c2)s1. The maximum Gasteiger partial charge on any atom is 0.227 e. The number of hydrogen-bond acceptors (Lipinski definition) is 3. The second-order valence-electron chi connectivity index (χ2n) is 5.05. The summed E-state index contributed by atoms with van der Waals surface area (Å²) in [5, 5.41) is 0. The smallest absolute Gasteiger partial charge is 0.227 e. The van der Waals surface area contributed by atoms with E-state index in [0.29, 0.717) is 12.1 Å². The lowest BCUT2D eigenvalue weighted by molar-refractivity contribution is -0.131. The van der Waals surface area contributed by atoms with Gasteiger partial charge in [-0.3, -0.25) is 4.79 Å². The van der Waals surface area contributed by atoms with Crippen LogP contribution < -0.4 is 5.73 Å². The zero-order chi connectivity index (χ0) is 14.7. The van der Waals surface area contributed by atoms with Gasteiger partial charge in [0.05, 0.1) is 12.5 Å². The second-order valence-corrected chi connectivity index (χ2v) is 6.37. The summed E-state index contributed by atoms with van der Waals surface area (Å²) >= 11 is 1.74. The number of benzene rings is 1. The Hall–Kier alpha value is -1.81. The third kappa shape index (κ3) is 3.39. The molecule has 106 valence electrons. The molecule has 0 aliphatic rings. The van der Waals surface area contributed by atoms with E-state index in [0.717, 1.165) is 5.56 Å². The average molecular weight is 288 g/mol. The van der Waals surface area contributed by atoms with Crippen LogP contribution in [0.1, 0.15) is 28.3 Å². The van der Waals surface area contributed by atoms with Crippen LogP contribution in [0.4, 0.5) is 5.69 Å². The Morgan fingerprint density at radius 2 is 2.10 bits per heavy atom. The molecule has 1 heterocycles. The maximum atomic E-state index is 12.3. The molecule has 2 aromatic rings. The van der Waals surface area contributed by atoms with Crippen LogP contribution in [-0.4, -0.2) is 17.9 Å². The van der Waals surface area contributed by atoms with Crippen molar-refractivity contribution in [2.75, 3.05) is 12.8 Å². The van der Waals surface area contributed by atoms with Gasteiger partial charge in [-0.25, -0.2) is 0 Å². The summed E-state index contributed by atoms with van der Waals surface area (Å²) in [5.74, 6) is 0.106. The van der Waals surface area contributed by atoms with Gasteiger partial charge in [-0.1, -0.05) is 12.1 Å². The van der Waals surface area contributed by atoms with Gasteiger partial charge in [0.25, 0.3) is 0 Å². The van der Waals surface area contributed by atoms with Crippen molar-refractivity contribution in [3.63, 3.8) is 0 Å². The van der Waals surface area contributed by atoms with Crippen LogP contribution in [0.3, 0.4) is 0 Å². The van der Waals surface area contributed by atoms with E-state index in [-0.39, 0.29) is 11.9 Å². The van der Waals surface area contributed by atoms with Crippen molar-refractivity contribution in [1.29, 1.82) is 0 Å². The molecule has 0 spiro atoms. The van der Waals surface area contributed by atoms with Crippen molar-refractivity contribution in [1.82, 2.24) is 4.90 Å². The first-order valence-corrected chi connectivity index (χ1v) is 7.45. The van der Waals surface area contributed by atoms with Crippen LogP contribution >= 0.6 is 11.3 Å². The van der Waals surface area contributed by atoms with Crippen LogP contribution in [-0.2, 0) is 11.2 Å². The number of hydrogen-bond donors (Lipinski definition) is 1. The van der Waals surface area contributed by atoms with Crippen LogP contribution in [0.15, 0.2) is 36.4 Å². The van der Waals surface area contributed by atoms with Crippen molar-refractivity contribution in [2.45, 2.75) is 26.3 Å². The molecule has 3 nitrogen and oxygen atoms in total. The Kier molecular flexibility index (Phi) is 4.45. The first kappa shape index (κ1) is 14.6. The highest BCUT2D eigenvalue weighted by molar-refractivity contribution is 7.12. The van der Waals surface area contributed by atoms with E-state index in [1.54, 1.807) is 16.2 Å². The Morgan fingerprint density at radius 1 is 1.35 bits per heavy atom. The van der Waals surface area contributed by atoms with Crippen molar-refractivity contribution >= 4 is 22.9 Å². The molecule has 1 unspecified atom stereocenters. The fourth-order valence-electron chi connectivity index (χ4n) is 2.09. The normalized spacial score (nSPS) is 12.2. The van der Waals surface area contributed by atoms with Crippen molar-refractivity contribution in [3.05, 3.63) is 51.7 Å². The number of nitrogens with zero attached hydrogens (tertiary/aromatic N) is 1. The minimum absolute atomic E-state index is 0.0993. The minimum Gasteiger partial charge on any atom is -0.399 e. The first-order valence-electron chi connectivity index (χ1n) is 6.64. The topological polar surface area (TPSA) is 46.3 Å². The number of likely N-dealkylation sites (N-methyl/N-ethyl adjacent to an activating group) is 1. The average Bonchev–Trinajstić information content (AvgIpc) is 2.83. The number of aryl methyl sites for hydroxylation is 1. The molecule has 1 atom stereocenters. The molecule has 0 bridgehead atoms. The third-order valence-electron chi connectivity index (χ3n) is 3.45. The lowest BCUT2D eigenvalue weighted by Gasteiger charge is -2.24. The molecule has 0 saturated carbocycles. The zero-order valence-electron chi connectivity index (χ0n) is 12.1. The van der Waals surface area contributed by atoms with Gasteiger partial charge in [-0.05, 0) is 43.7 Å². The number of anilines is 1. The lowest BCUT2D eigenvalue weighted by Crippen LogP contribution is -2.30. The summed E-state index contributed by atoms with van der Waals surface area (Å²) in [7, 11) is 1.86. The van der Waals surface area contributed by atoms with E-state index in [1.807, 2.05) is 31.3 Å². The van der Waals surface area contributed by atoms with E-state index >= 15 is 0 Å². The van der Waals surface area contributed by atoms with Gasteiger partial charge in [0, 0.05) is 22.5 Å². The highest BCUT2D eigenvalue weighted by Gasteiger charge is 2.18. The Morgan fingerprint density at radius 3 is 2.70 bits per heavy atom. The molecule has 0 saturated heterocycles. The molecule has 0 fully saturated rings. The molecular formula is C16H20N2OS. The van der Waals surface area contributed by atoms with Crippen LogP contribution in [0, 0.1) is 6.92 Å². The van der Waals surface area contributed by atoms with Gasteiger partial charge in [0.2, 0.25) is 5.91 Å². The molecule has 1 amide bonds. The van der Waals surface area contributed by atoms with E-state index < -0.39 is 0 Å². The predicted molar refractivity (Wildman–Crippen MR) is 84.8 cm³/mol. The zero-order valence-corrected chi connectivity index (χ0v) is 12.9. The summed E-state index contributed by atoms with van der Waals surface area (Å²) in [6, 6.07) is 11.8. The van der Waals surface area contributed by atoms with Gasteiger partial charge >= 0.3 is 0 Å². The molecule has 1 aromatic heterocycles. The molecule has 0 aliphatic carbocycles. The Balaban J connectivity index is 2.05. The van der Waals surface area contributed by atoms with Crippen LogP contribution in [0.2, 0.25) is 0 Å². The van der Waals surface area contributed by atoms with E-state index in [4.69, 9.17) is 5.73 Å². The summed E-state index contributed by atoms with van der Waals surface area (Å²) in [6.45, 7) is 4.14. The predicted octanol–water partition coefficient (Wildman–Crippen LogP) is 3.40. The summed E-state index contributed by atoms with van der Waals surface area (Å²) in [6.07, 6.45) is 0.385. The quantitative estimate of drug-likeness (QED) is 0.876. The van der Waals surface area contributed by atoms with Gasteiger partial charge in [-0.15, -0.1) is 11.3 Å². The molecule has 0 aliphatic heterocycles. The monoisotopic (exact) mass is 288 g/mol. The van der Waals surface area contributed by atoms with Gasteiger partial charge in [0.15, 0.2) is 0 Å². The number of rotatable bonds is 4. The van der Waals surface area contributed by atoms with E-state index in [9.17, 15) is 4.79 Å². The molecule has 0 radical (unpaired) electrons. The van der Waals surface area contributed by atoms with Crippen molar-refractivity contribution < 1.29 is 4.79 Å². The number of carbonyl (C=O) groups excluding carboxylic acids is 1. The van der Waals surface area contributed by atoms with E-state index in [1.165, 1.54) is 9.75 Å². The van der Waals surface area contributed by atoms with Crippen molar-refractivity contribution in [2.24, 2.45) is 0 Å². The fourth-order valence-corrected chi connectivity index (χ4v) is 3.06. The number of amides is 1. The lowest BCUT2D eigenvalue weighted by atomic mass is 10.1. The highest BCUT2D eigenvalue weighted by Crippen LogP contribution is 2.26. The molecule has 4 heteroatoms. The van der Waals surface area contributed by atoms with Gasteiger partial charge in [0.1, 0.15) is 0 Å². The number of nitrogens with two attached hydrogens (primary N) is 1. The third-order valence-corrected chi connectivity index (χ3v) is 4.62. The Labute approximate surface area is 124 Å². The van der Waals surface area contributed by atoms with Gasteiger partial charge in [-0.2, -0.15) is 0 Å². The molecule has 2 rings (SSSR count). The summed E-state index contributed by atoms with van der Waals surface area (Å²) in [5.41, 5.74) is 7.39. The number of nitrogen functional groups attached to an aromatic ring is 1. The standard InChI is InChI=1S/C16H20N2OS/c1-11-7-8-15(20-11)12(2)18(3)16(19)10-13-5-4-6-14(17)9-13/h4-9,12H,10,17H2,1-3H3. The van der Waals surface area contributed by atoms with Crippen molar-refractivity contribution in [3.8, 4) is 0 Å². The first-order chi connectivity index (χ1) is 9.47. The van der Waals surface area contributed by atoms with Crippen LogP contribution in [0.25, 0.3) is 0 Å². The molecule has 20 heavy (non-hydrogen) atoms.